The summed E-state index contributed by atoms with van der Waals surface area (Å²) in [6, 6.07) is 23.9. The first-order valence-corrected chi connectivity index (χ1v) is 9.12. The SMILES string of the molecule is O=C(CSc1ccc(-c2ccccc2)nn1)NCCc1ccccc1. The molecule has 126 valence electrons. The van der Waals surface area contributed by atoms with Crippen molar-refractivity contribution in [3.8, 4) is 11.3 Å². The number of amides is 1. The van der Waals surface area contributed by atoms with Gasteiger partial charge in [-0.15, -0.1) is 10.2 Å². The molecule has 3 rings (SSSR count). The standard InChI is InChI=1S/C20H19N3OS/c24-19(21-14-13-16-7-3-1-4-8-16)15-25-20-12-11-18(22-23-20)17-9-5-2-6-10-17/h1-12H,13-15H2,(H,21,24). The van der Waals surface area contributed by atoms with Crippen LogP contribution in [-0.4, -0.2) is 28.4 Å². The molecular formula is C20H19N3OS. The minimum absolute atomic E-state index is 0.00914. The second kappa shape index (κ2) is 8.99. The van der Waals surface area contributed by atoms with E-state index in [-0.39, 0.29) is 5.91 Å². The van der Waals surface area contributed by atoms with Crippen LogP contribution < -0.4 is 5.32 Å². The van der Waals surface area contributed by atoms with E-state index in [1.54, 1.807) is 0 Å². The fourth-order valence-electron chi connectivity index (χ4n) is 2.34. The predicted octanol–water partition coefficient (Wildman–Crippen LogP) is 3.59. The van der Waals surface area contributed by atoms with E-state index in [9.17, 15) is 4.79 Å². The maximum atomic E-state index is 11.9. The zero-order chi connectivity index (χ0) is 17.3. The van der Waals surface area contributed by atoms with Gasteiger partial charge in [-0.2, -0.15) is 0 Å². The van der Waals surface area contributed by atoms with Crippen molar-refractivity contribution in [3.05, 3.63) is 78.4 Å². The van der Waals surface area contributed by atoms with E-state index in [1.807, 2.05) is 60.7 Å². The Labute approximate surface area is 151 Å². The number of thioether (sulfide) groups is 1. The van der Waals surface area contributed by atoms with Crippen molar-refractivity contribution in [1.29, 1.82) is 0 Å². The number of aromatic nitrogens is 2. The van der Waals surface area contributed by atoms with Crippen molar-refractivity contribution in [3.63, 3.8) is 0 Å². The zero-order valence-corrected chi connectivity index (χ0v) is 14.6. The molecule has 0 unspecified atom stereocenters. The number of nitrogens with one attached hydrogen (secondary N) is 1. The lowest BCUT2D eigenvalue weighted by Crippen LogP contribution is -2.27. The summed E-state index contributed by atoms with van der Waals surface area (Å²) < 4.78 is 0. The lowest BCUT2D eigenvalue weighted by molar-refractivity contribution is -0.118. The number of carbonyl (C=O) groups excluding carboxylic acids is 1. The summed E-state index contributed by atoms with van der Waals surface area (Å²) in [6.45, 7) is 0.641. The van der Waals surface area contributed by atoms with E-state index in [2.05, 4.69) is 27.6 Å². The topological polar surface area (TPSA) is 54.9 Å². The third-order valence-corrected chi connectivity index (χ3v) is 4.56. The molecule has 0 fully saturated rings. The molecule has 2 aromatic carbocycles. The molecule has 4 nitrogen and oxygen atoms in total. The smallest absolute Gasteiger partial charge is 0.230 e. The lowest BCUT2D eigenvalue weighted by Gasteiger charge is -2.05. The molecule has 5 heteroatoms. The third kappa shape index (κ3) is 5.43. The third-order valence-electron chi connectivity index (χ3n) is 3.64. The van der Waals surface area contributed by atoms with Crippen LogP contribution in [0.25, 0.3) is 11.3 Å². The highest BCUT2D eigenvalue weighted by Crippen LogP contribution is 2.19. The molecule has 0 spiro atoms. The van der Waals surface area contributed by atoms with E-state index >= 15 is 0 Å². The van der Waals surface area contributed by atoms with Crippen LogP contribution in [0.5, 0.6) is 0 Å². The van der Waals surface area contributed by atoms with Gasteiger partial charge >= 0.3 is 0 Å². The van der Waals surface area contributed by atoms with Crippen LogP contribution in [0.2, 0.25) is 0 Å². The van der Waals surface area contributed by atoms with Gasteiger partial charge < -0.3 is 5.32 Å². The molecule has 0 aliphatic rings. The van der Waals surface area contributed by atoms with E-state index < -0.39 is 0 Å². The molecule has 1 N–H and O–H groups in total. The van der Waals surface area contributed by atoms with Crippen molar-refractivity contribution in [2.45, 2.75) is 11.4 Å². The maximum absolute atomic E-state index is 11.9. The first-order valence-electron chi connectivity index (χ1n) is 8.14. The van der Waals surface area contributed by atoms with Crippen LogP contribution in [0.4, 0.5) is 0 Å². The number of carbonyl (C=O) groups is 1. The Morgan fingerprint density at radius 1 is 0.880 bits per heavy atom. The van der Waals surface area contributed by atoms with E-state index in [4.69, 9.17) is 0 Å². The molecule has 0 atom stereocenters. The predicted molar refractivity (Wildman–Crippen MR) is 101 cm³/mol. The van der Waals surface area contributed by atoms with Crippen molar-refractivity contribution in [2.24, 2.45) is 0 Å². The normalized spacial score (nSPS) is 10.4. The molecule has 1 amide bonds. The lowest BCUT2D eigenvalue weighted by atomic mass is 10.1. The molecule has 0 bridgehead atoms. The van der Waals surface area contributed by atoms with Gasteiger partial charge in [0.15, 0.2) is 0 Å². The van der Waals surface area contributed by atoms with Crippen molar-refractivity contribution < 1.29 is 4.79 Å². The highest BCUT2D eigenvalue weighted by atomic mass is 32.2. The van der Waals surface area contributed by atoms with Gasteiger partial charge in [0, 0.05) is 12.1 Å². The molecule has 0 aliphatic heterocycles. The summed E-state index contributed by atoms with van der Waals surface area (Å²) >= 11 is 1.39. The van der Waals surface area contributed by atoms with Gasteiger partial charge in [-0.3, -0.25) is 4.79 Å². The number of hydrogen-bond acceptors (Lipinski definition) is 4. The Bertz CT molecular complexity index is 792. The highest BCUT2D eigenvalue weighted by Gasteiger charge is 2.05. The summed E-state index contributed by atoms with van der Waals surface area (Å²) in [7, 11) is 0. The van der Waals surface area contributed by atoms with Crippen LogP contribution in [0, 0.1) is 0 Å². The Balaban J connectivity index is 1.43. The molecule has 25 heavy (non-hydrogen) atoms. The molecule has 1 aromatic heterocycles. The number of nitrogens with zero attached hydrogens (tertiary/aromatic N) is 2. The molecule has 3 aromatic rings. The molecule has 0 radical (unpaired) electrons. The average Bonchev–Trinajstić information content (AvgIpc) is 2.68. The van der Waals surface area contributed by atoms with Gasteiger partial charge in [-0.1, -0.05) is 72.4 Å². The zero-order valence-electron chi connectivity index (χ0n) is 13.8. The van der Waals surface area contributed by atoms with Crippen LogP contribution in [-0.2, 0) is 11.2 Å². The first kappa shape index (κ1) is 17.2. The first-order chi connectivity index (χ1) is 12.3. The maximum Gasteiger partial charge on any atom is 0.230 e. The van der Waals surface area contributed by atoms with Gasteiger partial charge in [0.1, 0.15) is 5.03 Å². The minimum atomic E-state index is 0.00914. The summed E-state index contributed by atoms with van der Waals surface area (Å²) in [4.78, 5) is 11.9. The number of rotatable bonds is 7. The second-order valence-electron chi connectivity index (χ2n) is 5.50. The van der Waals surface area contributed by atoms with Gasteiger partial charge in [0.25, 0.3) is 0 Å². The van der Waals surface area contributed by atoms with Crippen molar-refractivity contribution in [1.82, 2.24) is 15.5 Å². The molecule has 0 aliphatic carbocycles. The summed E-state index contributed by atoms with van der Waals surface area (Å²) in [5, 5.41) is 12.1. The van der Waals surface area contributed by atoms with E-state index in [0.29, 0.717) is 12.3 Å². The molecule has 1 heterocycles. The minimum Gasteiger partial charge on any atom is -0.355 e. The fourth-order valence-corrected chi connectivity index (χ4v) is 2.99. The fraction of sp³-hybridized carbons (Fsp3) is 0.150. The summed E-state index contributed by atoms with van der Waals surface area (Å²) in [5.41, 5.74) is 3.08. The van der Waals surface area contributed by atoms with E-state index in [1.165, 1.54) is 17.3 Å². The Morgan fingerprint density at radius 3 is 2.28 bits per heavy atom. The van der Waals surface area contributed by atoms with Crippen molar-refractivity contribution >= 4 is 17.7 Å². The van der Waals surface area contributed by atoms with Crippen molar-refractivity contribution in [2.75, 3.05) is 12.3 Å². The number of benzene rings is 2. The van der Waals surface area contributed by atoms with E-state index in [0.717, 1.165) is 22.7 Å². The summed E-state index contributed by atoms with van der Waals surface area (Å²) in [5.74, 6) is 0.351. The molecular weight excluding hydrogens is 330 g/mol. The molecule has 0 saturated heterocycles. The van der Waals surface area contributed by atoms with Gasteiger partial charge in [-0.05, 0) is 24.1 Å². The Hall–Kier alpha value is -2.66. The Kier molecular flexibility index (Phi) is 6.17. The summed E-state index contributed by atoms with van der Waals surface area (Å²) in [6.07, 6.45) is 0.836. The molecule has 0 saturated carbocycles. The largest absolute Gasteiger partial charge is 0.355 e. The highest BCUT2D eigenvalue weighted by molar-refractivity contribution is 7.99. The van der Waals surface area contributed by atoms with Gasteiger partial charge in [0.05, 0.1) is 11.4 Å². The van der Waals surface area contributed by atoms with Crippen LogP contribution in [0.15, 0.2) is 77.8 Å². The van der Waals surface area contributed by atoms with Gasteiger partial charge in [0.2, 0.25) is 5.91 Å². The van der Waals surface area contributed by atoms with Crippen LogP contribution in [0.3, 0.4) is 0 Å². The quantitative estimate of drug-likeness (QED) is 0.662. The number of hydrogen-bond donors (Lipinski definition) is 1. The Morgan fingerprint density at radius 2 is 1.60 bits per heavy atom. The van der Waals surface area contributed by atoms with Crippen LogP contribution in [0.1, 0.15) is 5.56 Å². The average molecular weight is 349 g/mol. The van der Waals surface area contributed by atoms with Crippen LogP contribution >= 0.6 is 11.8 Å². The van der Waals surface area contributed by atoms with Gasteiger partial charge in [-0.25, -0.2) is 0 Å². The second-order valence-corrected chi connectivity index (χ2v) is 6.49. The monoisotopic (exact) mass is 349 g/mol.